The van der Waals surface area contributed by atoms with Crippen molar-refractivity contribution < 1.29 is 0 Å². The monoisotopic (exact) mass is 191 g/mol. The molecule has 3 nitrogen and oxygen atoms in total. The SMILES string of the molecule is CCC1CCN(c2cccnc2N)C1. The highest BCUT2D eigenvalue weighted by molar-refractivity contribution is 5.63. The summed E-state index contributed by atoms with van der Waals surface area (Å²) >= 11 is 0. The summed E-state index contributed by atoms with van der Waals surface area (Å²) in [6.07, 6.45) is 4.29. The van der Waals surface area contributed by atoms with Gasteiger partial charge in [0.2, 0.25) is 0 Å². The van der Waals surface area contributed by atoms with Gasteiger partial charge in [0.1, 0.15) is 5.82 Å². The Morgan fingerprint density at radius 2 is 2.50 bits per heavy atom. The normalized spacial score (nSPS) is 21.5. The molecule has 1 aliphatic rings. The van der Waals surface area contributed by atoms with Gasteiger partial charge in [0.05, 0.1) is 5.69 Å². The minimum absolute atomic E-state index is 0.657. The van der Waals surface area contributed by atoms with E-state index in [0.29, 0.717) is 5.82 Å². The molecule has 2 rings (SSSR count). The van der Waals surface area contributed by atoms with Gasteiger partial charge in [-0.15, -0.1) is 0 Å². The van der Waals surface area contributed by atoms with Gasteiger partial charge in [-0.2, -0.15) is 0 Å². The van der Waals surface area contributed by atoms with E-state index in [4.69, 9.17) is 5.73 Å². The molecule has 76 valence electrons. The van der Waals surface area contributed by atoms with Crippen molar-refractivity contribution in [2.24, 2.45) is 5.92 Å². The second kappa shape index (κ2) is 3.86. The molecular formula is C11H17N3. The molecule has 0 spiro atoms. The van der Waals surface area contributed by atoms with Crippen molar-refractivity contribution in [2.45, 2.75) is 19.8 Å². The van der Waals surface area contributed by atoms with Crippen LogP contribution in [0.5, 0.6) is 0 Å². The number of hydrogen-bond donors (Lipinski definition) is 1. The zero-order chi connectivity index (χ0) is 9.97. The average molecular weight is 191 g/mol. The summed E-state index contributed by atoms with van der Waals surface area (Å²) in [4.78, 5) is 6.45. The molecule has 3 heteroatoms. The third-order valence-corrected chi connectivity index (χ3v) is 3.02. The smallest absolute Gasteiger partial charge is 0.146 e. The van der Waals surface area contributed by atoms with Gasteiger partial charge in [0.25, 0.3) is 0 Å². The molecule has 1 fully saturated rings. The summed E-state index contributed by atoms with van der Waals surface area (Å²) in [5.41, 5.74) is 6.93. The van der Waals surface area contributed by atoms with Gasteiger partial charge < -0.3 is 10.6 Å². The molecule has 0 radical (unpaired) electrons. The van der Waals surface area contributed by atoms with E-state index >= 15 is 0 Å². The van der Waals surface area contributed by atoms with Crippen LogP contribution in [0.4, 0.5) is 11.5 Å². The molecule has 0 bridgehead atoms. The highest BCUT2D eigenvalue weighted by Crippen LogP contribution is 2.28. The predicted molar refractivity (Wildman–Crippen MR) is 59.3 cm³/mol. The fraction of sp³-hybridized carbons (Fsp3) is 0.545. The first-order valence-corrected chi connectivity index (χ1v) is 5.26. The van der Waals surface area contributed by atoms with E-state index in [0.717, 1.165) is 24.7 Å². The second-order valence-corrected chi connectivity index (χ2v) is 3.92. The van der Waals surface area contributed by atoms with E-state index in [-0.39, 0.29) is 0 Å². The first-order valence-electron chi connectivity index (χ1n) is 5.26. The van der Waals surface area contributed by atoms with E-state index < -0.39 is 0 Å². The van der Waals surface area contributed by atoms with Crippen molar-refractivity contribution in [1.82, 2.24) is 4.98 Å². The molecule has 1 aromatic rings. The Balaban J connectivity index is 2.13. The summed E-state index contributed by atoms with van der Waals surface area (Å²) in [5, 5.41) is 0. The number of nitrogen functional groups attached to an aromatic ring is 1. The maximum absolute atomic E-state index is 5.83. The van der Waals surface area contributed by atoms with Crippen LogP contribution in [0, 0.1) is 5.92 Å². The van der Waals surface area contributed by atoms with Gasteiger partial charge >= 0.3 is 0 Å². The van der Waals surface area contributed by atoms with Crippen LogP contribution in [-0.4, -0.2) is 18.1 Å². The quantitative estimate of drug-likeness (QED) is 0.776. The molecular weight excluding hydrogens is 174 g/mol. The molecule has 1 aliphatic heterocycles. The first kappa shape index (κ1) is 9.31. The summed E-state index contributed by atoms with van der Waals surface area (Å²) in [6, 6.07) is 4.01. The van der Waals surface area contributed by atoms with E-state index in [1.165, 1.54) is 12.8 Å². The standard InChI is InChI=1S/C11H17N3/c1-2-9-5-7-14(8-9)10-4-3-6-13-11(10)12/h3-4,6,9H,2,5,7-8H2,1H3,(H2,12,13). The number of nitrogens with two attached hydrogens (primary N) is 1. The Morgan fingerprint density at radius 1 is 1.64 bits per heavy atom. The third-order valence-electron chi connectivity index (χ3n) is 3.02. The predicted octanol–water partition coefficient (Wildman–Crippen LogP) is 1.90. The number of rotatable bonds is 2. The summed E-state index contributed by atoms with van der Waals surface area (Å²) in [6.45, 7) is 4.50. The molecule has 0 aromatic carbocycles. The fourth-order valence-corrected chi connectivity index (χ4v) is 2.06. The summed E-state index contributed by atoms with van der Waals surface area (Å²) in [5.74, 6) is 1.49. The molecule has 1 aromatic heterocycles. The molecule has 14 heavy (non-hydrogen) atoms. The molecule has 2 heterocycles. The van der Waals surface area contributed by atoms with Gasteiger partial charge in [-0.3, -0.25) is 0 Å². The molecule has 2 N–H and O–H groups in total. The minimum Gasteiger partial charge on any atom is -0.382 e. The van der Waals surface area contributed by atoms with E-state index in [1.807, 2.05) is 6.07 Å². The molecule has 0 amide bonds. The Kier molecular flexibility index (Phi) is 2.57. The molecule has 0 saturated carbocycles. The van der Waals surface area contributed by atoms with Crippen molar-refractivity contribution in [3.05, 3.63) is 18.3 Å². The van der Waals surface area contributed by atoms with Crippen molar-refractivity contribution in [3.63, 3.8) is 0 Å². The Morgan fingerprint density at radius 3 is 3.14 bits per heavy atom. The first-order chi connectivity index (χ1) is 6.81. The average Bonchev–Trinajstić information content (AvgIpc) is 2.67. The number of aromatic nitrogens is 1. The van der Waals surface area contributed by atoms with Crippen LogP contribution in [0.2, 0.25) is 0 Å². The lowest BCUT2D eigenvalue weighted by molar-refractivity contribution is 0.569. The lowest BCUT2D eigenvalue weighted by atomic mass is 10.1. The van der Waals surface area contributed by atoms with E-state index in [1.54, 1.807) is 6.20 Å². The topological polar surface area (TPSA) is 42.2 Å². The molecule has 0 aliphatic carbocycles. The van der Waals surface area contributed by atoms with Gasteiger partial charge in [0, 0.05) is 19.3 Å². The third kappa shape index (κ3) is 1.67. The number of anilines is 2. The lowest BCUT2D eigenvalue weighted by Crippen LogP contribution is -2.20. The van der Waals surface area contributed by atoms with Crippen LogP contribution in [-0.2, 0) is 0 Å². The second-order valence-electron chi connectivity index (χ2n) is 3.92. The zero-order valence-electron chi connectivity index (χ0n) is 8.61. The molecule has 1 unspecified atom stereocenters. The lowest BCUT2D eigenvalue weighted by Gasteiger charge is -2.19. The van der Waals surface area contributed by atoms with E-state index in [2.05, 4.69) is 22.9 Å². The zero-order valence-corrected chi connectivity index (χ0v) is 8.61. The van der Waals surface area contributed by atoms with Crippen molar-refractivity contribution in [2.75, 3.05) is 23.7 Å². The van der Waals surface area contributed by atoms with Crippen LogP contribution in [0.1, 0.15) is 19.8 Å². The van der Waals surface area contributed by atoms with Gasteiger partial charge in [-0.1, -0.05) is 13.3 Å². The highest BCUT2D eigenvalue weighted by Gasteiger charge is 2.22. The van der Waals surface area contributed by atoms with Gasteiger partial charge in [-0.25, -0.2) is 4.98 Å². The van der Waals surface area contributed by atoms with Crippen LogP contribution < -0.4 is 10.6 Å². The van der Waals surface area contributed by atoms with Crippen LogP contribution in [0.15, 0.2) is 18.3 Å². The highest BCUT2D eigenvalue weighted by atomic mass is 15.2. The minimum atomic E-state index is 0.657. The van der Waals surface area contributed by atoms with Crippen molar-refractivity contribution in [3.8, 4) is 0 Å². The molecule has 1 atom stereocenters. The van der Waals surface area contributed by atoms with Crippen LogP contribution in [0.3, 0.4) is 0 Å². The summed E-state index contributed by atoms with van der Waals surface area (Å²) < 4.78 is 0. The van der Waals surface area contributed by atoms with Crippen LogP contribution >= 0.6 is 0 Å². The van der Waals surface area contributed by atoms with Gasteiger partial charge in [0.15, 0.2) is 0 Å². The number of pyridine rings is 1. The Labute approximate surface area is 84.9 Å². The van der Waals surface area contributed by atoms with Crippen LogP contribution in [0.25, 0.3) is 0 Å². The van der Waals surface area contributed by atoms with Crippen molar-refractivity contribution in [1.29, 1.82) is 0 Å². The van der Waals surface area contributed by atoms with Crippen molar-refractivity contribution >= 4 is 11.5 Å². The maximum Gasteiger partial charge on any atom is 0.146 e. The van der Waals surface area contributed by atoms with Gasteiger partial charge in [-0.05, 0) is 24.5 Å². The molecule has 1 saturated heterocycles. The Bertz CT molecular complexity index is 311. The number of hydrogen-bond acceptors (Lipinski definition) is 3. The summed E-state index contributed by atoms with van der Waals surface area (Å²) in [7, 11) is 0. The largest absolute Gasteiger partial charge is 0.382 e. The maximum atomic E-state index is 5.83. The fourth-order valence-electron chi connectivity index (χ4n) is 2.06. The Hall–Kier alpha value is -1.25. The number of nitrogens with zero attached hydrogens (tertiary/aromatic N) is 2. The van der Waals surface area contributed by atoms with E-state index in [9.17, 15) is 0 Å².